The van der Waals surface area contributed by atoms with Gasteiger partial charge in [-0.3, -0.25) is 0 Å². The largest absolute Gasteiger partial charge is 0.497 e. The first-order valence-corrected chi connectivity index (χ1v) is 10.8. The van der Waals surface area contributed by atoms with Crippen molar-refractivity contribution in [3.05, 3.63) is 106 Å². The van der Waals surface area contributed by atoms with Gasteiger partial charge in [0.1, 0.15) is 5.75 Å². The average Bonchev–Trinajstić information content (AvgIpc) is 3.29. The van der Waals surface area contributed by atoms with E-state index in [1.165, 1.54) is 33.4 Å². The molecule has 5 heteroatoms. The molecule has 0 aliphatic heterocycles. The number of methoxy groups -OCH3 is 1. The first kappa shape index (κ1) is 19.9. The molecule has 0 fully saturated rings. The van der Waals surface area contributed by atoms with Crippen LogP contribution in [0.1, 0.15) is 46.5 Å². The van der Waals surface area contributed by atoms with Crippen LogP contribution in [0.2, 0.25) is 0 Å². The number of aromatic nitrogens is 4. The van der Waals surface area contributed by atoms with Gasteiger partial charge in [-0.1, -0.05) is 66.7 Å². The Bertz CT molecular complexity index is 1270. The third-order valence-corrected chi connectivity index (χ3v) is 5.87. The minimum absolute atomic E-state index is 0.634. The lowest BCUT2D eigenvalue weighted by molar-refractivity contribution is 0.414. The fourth-order valence-corrected chi connectivity index (χ4v) is 4.33. The number of benzene rings is 3. The first-order chi connectivity index (χ1) is 15.8. The van der Waals surface area contributed by atoms with E-state index in [0.29, 0.717) is 5.82 Å². The van der Waals surface area contributed by atoms with Crippen LogP contribution in [0.25, 0.3) is 23.3 Å². The van der Waals surface area contributed by atoms with Crippen LogP contribution >= 0.6 is 0 Å². The van der Waals surface area contributed by atoms with Crippen LogP contribution in [-0.4, -0.2) is 27.7 Å². The third kappa shape index (κ3) is 4.10. The molecule has 1 heterocycles. The highest BCUT2D eigenvalue weighted by Gasteiger charge is 2.20. The Labute approximate surface area is 187 Å². The molecule has 1 aliphatic rings. The van der Waals surface area contributed by atoms with E-state index in [4.69, 9.17) is 4.74 Å². The monoisotopic (exact) mass is 420 g/mol. The maximum atomic E-state index is 5.51. The number of ether oxygens (including phenoxy) is 1. The van der Waals surface area contributed by atoms with Gasteiger partial charge in [-0.25, -0.2) is 5.10 Å². The zero-order valence-electron chi connectivity index (χ0n) is 18.0. The average molecular weight is 421 g/mol. The fraction of sp³-hybridized carbons (Fsp3) is 0.148. The summed E-state index contributed by atoms with van der Waals surface area (Å²) < 4.78 is 5.51. The normalized spacial score (nSPS) is 13.8. The highest BCUT2D eigenvalue weighted by atomic mass is 16.5. The Morgan fingerprint density at radius 1 is 0.875 bits per heavy atom. The number of hydrogen-bond acceptors (Lipinski definition) is 4. The van der Waals surface area contributed by atoms with Crippen LogP contribution in [0.15, 0.2) is 72.8 Å². The maximum absolute atomic E-state index is 5.51. The Morgan fingerprint density at radius 2 is 1.75 bits per heavy atom. The molecule has 1 aromatic heterocycles. The lowest BCUT2D eigenvalue weighted by atomic mass is 9.87. The third-order valence-electron chi connectivity index (χ3n) is 5.87. The number of tetrazole rings is 1. The number of aryl methyl sites for hydroxylation is 1. The number of nitrogens with one attached hydrogen (secondary N) is 1. The Kier molecular flexibility index (Phi) is 5.62. The van der Waals surface area contributed by atoms with Crippen LogP contribution in [0.3, 0.4) is 0 Å². The molecule has 0 spiro atoms. The van der Waals surface area contributed by atoms with Crippen LogP contribution in [-0.2, 0) is 6.42 Å². The molecule has 0 bridgehead atoms. The number of hydrogen-bond donors (Lipinski definition) is 1. The molecule has 0 saturated carbocycles. The minimum Gasteiger partial charge on any atom is -0.497 e. The van der Waals surface area contributed by atoms with Gasteiger partial charge in [0.25, 0.3) is 0 Å². The van der Waals surface area contributed by atoms with Crippen molar-refractivity contribution in [1.29, 1.82) is 0 Å². The maximum Gasteiger partial charge on any atom is 0.172 e. The van der Waals surface area contributed by atoms with Crippen molar-refractivity contribution in [3.8, 4) is 5.75 Å². The van der Waals surface area contributed by atoms with Crippen LogP contribution in [0, 0.1) is 0 Å². The standard InChI is InChI=1S/C27H24N4O/c1-32-23-9-4-8-22(18-23)25-11-5-7-20-6-2-3-10-24(20)27(25)21-15-12-19(13-16-21)14-17-26-28-30-31-29-26/h2-4,6,8-10,12-18H,5,7,11H2,1H3,(H,28,29,30,31). The van der Waals surface area contributed by atoms with Gasteiger partial charge in [-0.05, 0) is 86.9 Å². The van der Waals surface area contributed by atoms with Crippen molar-refractivity contribution in [3.63, 3.8) is 0 Å². The molecule has 5 nitrogen and oxygen atoms in total. The summed E-state index contributed by atoms with van der Waals surface area (Å²) in [5, 5.41) is 13.8. The molecule has 158 valence electrons. The predicted octanol–water partition coefficient (Wildman–Crippen LogP) is 5.67. The van der Waals surface area contributed by atoms with Gasteiger partial charge in [0.2, 0.25) is 0 Å². The van der Waals surface area contributed by atoms with Crippen molar-refractivity contribution in [2.75, 3.05) is 7.11 Å². The summed E-state index contributed by atoms with van der Waals surface area (Å²) in [6, 6.07) is 25.9. The SMILES string of the molecule is COc1cccc(C2=C(c3ccc(C=Cc4nnn[nH]4)cc3)c3ccccc3CCC2)c1. The zero-order valence-corrected chi connectivity index (χ0v) is 18.0. The minimum atomic E-state index is 0.634. The number of H-pyrrole nitrogens is 1. The van der Waals surface area contributed by atoms with Gasteiger partial charge in [-0.15, -0.1) is 5.10 Å². The van der Waals surface area contributed by atoms with E-state index in [1.54, 1.807) is 7.11 Å². The van der Waals surface area contributed by atoms with Gasteiger partial charge in [0, 0.05) is 0 Å². The summed E-state index contributed by atoms with van der Waals surface area (Å²) in [5.41, 5.74) is 8.93. The first-order valence-electron chi connectivity index (χ1n) is 10.8. The number of nitrogens with zero attached hydrogens (tertiary/aromatic N) is 3. The molecule has 1 N–H and O–H groups in total. The quantitative estimate of drug-likeness (QED) is 0.452. The smallest absolute Gasteiger partial charge is 0.172 e. The topological polar surface area (TPSA) is 63.7 Å². The van der Waals surface area contributed by atoms with Gasteiger partial charge >= 0.3 is 0 Å². The van der Waals surface area contributed by atoms with Gasteiger partial charge in [0.05, 0.1) is 7.11 Å². The Hall–Kier alpha value is -3.99. The molecular weight excluding hydrogens is 396 g/mol. The number of rotatable bonds is 5. The van der Waals surface area contributed by atoms with Crippen molar-refractivity contribution in [1.82, 2.24) is 20.6 Å². The Morgan fingerprint density at radius 3 is 2.56 bits per heavy atom. The number of aromatic amines is 1. The Balaban J connectivity index is 1.61. The highest BCUT2D eigenvalue weighted by Crippen LogP contribution is 2.40. The fourth-order valence-electron chi connectivity index (χ4n) is 4.33. The van der Waals surface area contributed by atoms with E-state index in [1.807, 2.05) is 18.2 Å². The van der Waals surface area contributed by atoms with E-state index in [-0.39, 0.29) is 0 Å². The molecule has 0 radical (unpaired) electrons. The summed E-state index contributed by atoms with van der Waals surface area (Å²) in [6.07, 6.45) is 7.11. The summed E-state index contributed by atoms with van der Waals surface area (Å²) in [5.74, 6) is 1.52. The molecular formula is C27H24N4O. The lowest BCUT2D eigenvalue weighted by Gasteiger charge is -2.17. The molecule has 1 aliphatic carbocycles. The van der Waals surface area contributed by atoms with Gasteiger partial charge in [-0.2, -0.15) is 0 Å². The van der Waals surface area contributed by atoms with E-state index in [9.17, 15) is 0 Å². The van der Waals surface area contributed by atoms with Crippen molar-refractivity contribution >= 4 is 23.3 Å². The molecule has 0 saturated heterocycles. The second kappa shape index (κ2) is 9.02. The van der Waals surface area contributed by atoms with Crippen molar-refractivity contribution in [2.45, 2.75) is 19.3 Å². The van der Waals surface area contributed by atoms with E-state index < -0.39 is 0 Å². The molecule has 5 rings (SSSR count). The van der Waals surface area contributed by atoms with Crippen LogP contribution in [0.4, 0.5) is 0 Å². The van der Waals surface area contributed by atoms with E-state index in [2.05, 4.69) is 87.4 Å². The summed E-state index contributed by atoms with van der Waals surface area (Å²) >= 11 is 0. The summed E-state index contributed by atoms with van der Waals surface area (Å²) in [7, 11) is 1.72. The molecule has 0 amide bonds. The molecule has 4 aromatic rings. The summed E-state index contributed by atoms with van der Waals surface area (Å²) in [6.45, 7) is 0. The van der Waals surface area contributed by atoms with Gasteiger partial charge < -0.3 is 4.74 Å². The van der Waals surface area contributed by atoms with Gasteiger partial charge in [0.15, 0.2) is 5.82 Å². The van der Waals surface area contributed by atoms with Crippen LogP contribution < -0.4 is 4.74 Å². The second-order valence-electron chi connectivity index (χ2n) is 7.84. The zero-order chi connectivity index (χ0) is 21.8. The molecule has 3 aromatic carbocycles. The van der Waals surface area contributed by atoms with E-state index in [0.717, 1.165) is 30.6 Å². The predicted molar refractivity (Wildman–Crippen MR) is 128 cm³/mol. The highest BCUT2D eigenvalue weighted by molar-refractivity contribution is 6.00. The number of fused-ring (bicyclic) bond motifs is 1. The lowest BCUT2D eigenvalue weighted by Crippen LogP contribution is -1.96. The second-order valence-corrected chi connectivity index (χ2v) is 7.84. The molecule has 32 heavy (non-hydrogen) atoms. The van der Waals surface area contributed by atoms with Crippen LogP contribution in [0.5, 0.6) is 5.75 Å². The summed E-state index contributed by atoms with van der Waals surface area (Å²) in [4.78, 5) is 0. The van der Waals surface area contributed by atoms with E-state index >= 15 is 0 Å². The molecule has 0 unspecified atom stereocenters. The van der Waals surface area contributed by atoms with Crippen molar-refractivity contribution in [2.24, 2.45) is 0 Å². The molecule has 0 atom stereocenters. The van der Waals surface area contributed by atoms with Crippen molar-refractivity contribution < 1.29 is 4.74 Å². The number of allylic oxidation sites excluding steroid dienone is 1.